The Morgan fingerprint density at radius 2 is 1.90 bits per heavy atom. The van der Waals surface area contributed by atoms with Crippen LogP contribution in [0.3, 0.4) is 0 Å². The molecule has 0 aromatic heterocycles. The van der Waals surface area contributed by atoms with Crippen molar-refractivity contribution in [2.24, 2.45) is 0 Å². The molecule has 0 spiro atoms. The Kier molecular flexibility index (Phi) is 6.88. The second-order valence-corrected chi connectivity index (χ2v) is 7.03. The Balaban J connectivity index is 1.71. The summed E-state index contributed by atoms with van der Waals surface area (Å²) in [7, 11) is 5.13. The summed E-state index contributed by atoms with van der Waals surface area (Å²) in [5.74, 6) is 0.635. The third-order valence-electron chi connectivity index (χ3n) is 5.03. The van der Waals surface area contributed by atoms with E-state index in [1.54, 1.807) is 20.3 Å². The number of nitrogens with zero attached hydrogens (tertiary/aromatic N) is 1. The molecule has 0 atom stereocenters. The molecule has 0 saturated carbocycles. The molecular formula is C23H26FNO4. The van der Waals surface area contributed by atoms with Gasteiger partial charge in [0, 0.05) is 19.5 Å². The fourth-order valence-electron chi connectivity index (χ4n) is 3.47. The lowest BCUT2D eigenvalue weighted by Crippen LogP contribution is -2.31. The minimum absolute atomic E-state index is 0.248. The van der Waals surface area contributed by atoms with Gasteiger partial charge in [0.1, 0.15) is 5.82 Å². The average molecular weight is 399 g/mol. The summed E-state index contributed by atoms with van der Waals surface area (Å²) in [5, 5.41) is 0. The van der Waals surface area contributed by atoms with Gasteiger partial charge in [-0.2, -0.15) is 0 Å². The lowest BCUT2D eigenvalue weighted by atomic mass is 9.93. The van der Waals surface area contributed by atoms with E-state index in [-0.39, 0.29) is 18.4 Å². The first-order valence-electron chi connectivity index (χ1n) is 9.56. The number of carbonyl (C=O) groups excluding carboxylic acids is 1. The van der Waals surface area contributed by atoms with Crippen molar-refractivity contribution in [2.45, 2.75) is 12.8 Å². The molecule has 1 heterocycles. The van der Waals surface area contributed by atoms with Crippen LogP contribution in [0.2, 0.25) is 0 Å². The van der Waals surface area contributed by atoms with Gasteiger partial charge >= 0.3 is 5.97 Å². The van der Waals surface area contributed by atoms with Gasteiger partial charge in [0.05, 0.1) is 26.4 Å². The van der Waals surface area contributed by atoms with E-state index in [2.05, 4.69) is 4.90 Å². The van der Waals surface area contributed by atoms with E-state index in [4.69, 9.17) is 14.2 Å². The third kappa shape index (κ3) is 5.15. The molecule has 0 radical (unpaired) electrons. The van der Waals surface area contributed by atoms with Crippen LogP contribution in [-0.2, 0) is 16.0 Å². The zero-order chi connectivity index (χ0) is 20.8. The number of ether oxygens (including phenoxy) is 3. The van der Waals surface area contributed by atoms with E-state index in [1.165, 1.54) is 12.1 Å². The highest BCUT2D eigenvalue weighted by atomic mass is 19.1. The molecule has 0 bridgehead atoms. The number of hydrogen-bond acceptors (Lipinski definition) is 5. The minimum atomic E-state index is -0.351. The molecule has 1 aliphatic rings. The molecule has 3 rings (SSSR count). The predicted octanol–water partition coefficient (Wildman–Crippen LogP) is 3.72. The summed E-state index contributed by atoms with van der Waals surface area (Å²) in [5.41, 5.74) is 3.18. The fourth-order valence-corrected chi connectivity index (χ4v) is 3.47. The molecule has 154 valence electrons. The van der Waals surface area contributed by atoms with Gasteiger partial charge in [-0.05, 0) is 54.4 Å². The van der Waals surface area contributed by atoms with E-state index in [0.29, 0.717) is 36.5 Å². The van der Waals surface area contributed by atoms with Crippen LogP contribution in [0.1, 0.15) is 17.5 Å². The predicted molar refractivity (Wildman–Crippen MR) is 110 cm³/mol. The molecule has 1 aliphatic heterocycles. The summed E-state index contributed by atoms with van der Waals surface area (Å²) in [4.78, 5) is 14.8. The Morgan fingerprint density at radius 3 is 2.62 bits per heavy atom. The lowest BCUT2D eigenvalue weighted by Gasteiger charge is -2.27. The molecule has 0 aliphatic carbocycles. The van der Waals surface area contributed by atoms with Crippen LogP contribution in [0.25, 0.3) is 5.57 Å². The molecule has 0 unspecified atom stereocenters. The van der Waals surface area contributed by atoms with E-state index in [9.17, 15) is 9.18 Å². The van der Waals surface area contributed by atoms with Crippen molar-refractivity contribution in [3.8, 4) is 11.5 Å². The van der Waals surface area contributed by atoms with E-state index < -0.39 is 0 Å². The number of esters is 1. The van der Waals surface area contributed by atoms with Crippen molar-refractivity contribution in [3.05, 3.63) is 65.0 Å². The van der Waals surface area contributed by atoms with Crippen LogP contribution < -0.4 is 9.47 Å². The van der Waals surface area contributed by atoms with Crippen molar-refractivity contribution in [3.63, 3.8) is 0 Å². The van der Waals surface area contributed by atoms with Gasteiger partial charge in [-0.1, -0.05) is 18.2 Å². The Morgan fingerprint density at radius 1 is 1.10 bits per heavy atom. The number of hydrogen-bond donors (Lipinski definition) is 0. The summed E-state index contributed by atoms with van der Waals surface area (Å²) in [6, 6.07) is 12.0. The van der Waals surface area contributed by atoms with Gasteiger partial charge < -0.3 is 19.1 Å². The van der Waals surface area contributed by atoms with Gasteiger partial charge in [-0.15, -0.1) is 0 Å². The fraction of sp³-hybridized carbons (Fsp3) is 0.348. The minimum Gasteiger partial charge on any atom is -0.493 e. The van der Waals surface area contributed by atoms with Crippen molar-refractivity contribution in [1.82, 2.24) is 4.90 Å². The number of rotatable bonds is 7. The zero-order valence-corrected chi connectivity index (χ0v) is 17.0. The molecular weight excluding hydrogens is 373 g/mol. The van der Waals surface area contributed by atoms with Gasteiger partial charge in [-0.3, -0.25) is 0 Å². The summed E-state index contributed by atoms with van der Waals surface area (Å²) >= 11 is 0. The molecule has 0 saturated heterocycles. The smallest absolute Gasteiger partial charge is 0.335 e. The van der Waals surface area contributed by atoms with Crippen LogP contribution in [0, 0.1) is 5.82 Å². The van der Waals surface area contributed by atoms with Gasteiger partial charge in [0.25, 0.3) is 0 Å². The van der Waals surface area contributed by atoms with Gasteiger partial charge in [0.2, 0.25) is 0 Å². The first-order valence-corrected chi connectivity index (χ1v) is 9.56. The second-order valence-electron chi connectivity index (χ2n) is 7.03. The largest absolute Gasteiger partial charge is 0.493 e. The maximum atomic E-state index is 13.7. The third-order valence-corrected chi connectivity index (χ3v) is 5.03. The van der Waals surface area contributed by atoms with Crippen molar-refractivity contribution in [1.29, 1.82) is 0 Å². The summed E-state index contributed by atoms with van der Waals surface area (Å²) in [6.07, 6.45) is 1.24. The maximum Gasteiger partial charge on any atom is 0.335 e. The van der Waals surface area contributed by atoms with E-state index in [0.717, 1.165) is 23.2 Å². The Hall–Kier alpha value is -2.86. The molecule has 0 N–H and O–H groups in total. The van der Waals surface area contributed by atoms with Crippen molar-refractivity contribution < 1.29 is 23.4 Å². The van der Waals surface area contributed by atoms with Gasteiger partial charge in [0.15, 0.2) is 11.5 Å². The van der Waals surface area contributed by atoms with E-state index in [1.807, 2.05) is 31.3 Å². The molecule has 2 aromatic carbocycles. The Labute approximate surface area is 170 Å². The normalized spacial score (nSPS) is 14.6. The SMILES string of the molecule is COc1ccc(CCOC(=O)C2=C(c3cccc(F)c3)CCN(C)C2)cc1OC. The highest BCUT2D eigenvalue weighted by Crippen LogP contribution is 2.29. The zero-order valence-electron chi connectivity index (χ0n) is 17.0. The molecule has 29 heavy (non-hydrogen) atoms. The number of halogens is 1. The first kappa shape index (κ1) is 20.9. The van der Waals surface area contributed by atoms with Crippen LogP contribution in [0.4, 0.5) is 4.39 Å². The Bertz CT molecular complexity index is 910. The number of methoxy groups -OCH3 is 2. The number of benzene rings is 2. The highest BCUT2D eigenvalue weighted by molar-refractivity contribution is 5.98. The standard InChI is InChI=1S/C23H26FNO4/c1-25-11-9-19(17-5-4-6-18(24)14-17)20(15-25)23(26)29-12-10-16-7-8-21(27-2)22(13-16)28-3/h4-8,13-14H,9-12,15H2,1-3H3. The van der Waals surface area contributed by atoms with Crippen molar-refractivity contribution >= 4 is 11.5 Å². The lowest BCUT2D eigenvalue weighted by molar-refractivity contribution is -0.139. The molecule has 0 fully saturated rings. The summed E-state index contributed by atoms with van der Waals surface area (Å²) < 4.78 is 29.8. The van der Waals surface area contributed by atoms with Crippen LogP contribution in [0.5, 0.6) is 11.5 Å². The van der Waals surface area contributed by atoms with Crippen molar-refractivity contribution in [2.75, 3.05) is 41.0 Å². The quantitative estimate of drug-likeness (QED) is 0.664. The van der Waals surface area contributed by atoms with Crippen LogP contribution in [0.15, 0.2) is 48.0 Å². The number of likely N-dealkylation sites (N-methyl/N-ethyl adjacent to an activating group) is 1. The molecule has 5 nitrogen and oxygen atoms in total. The molecule has 0 amide bonds. The molecule has 6 heteroatoms. The molecule has 2 aromatic rings. The first-order chi connectivity index (χ1) is 14.0. The van der Waals surface area contributed by atoms with E-state index >= 15 is 0 Å². The maximum absolute atomic E-state index is 13.7. The highest BCUT2D eigenvalue weighted by Gasteiger charge is 2.24. The summed E-state index contributed by atoms with van der Waals surface area (Å²) in [6.45, 7) is 1.55. The average Bonchev–Trinajstić information content (AvgIpc) is 2.73. The monoisotopic (exact) mass is 399 g/mol. The van der Waals surface area contributed by atoms with Crippen LogP contribution in [-0.4, -0.2) is 51.8 Å². The second kappa shape index (κ2) is 9.56. The van der Waals surface area contributed by atoms with Gasteiger partial charge in [-0.25, -0.2) is 9.18 Å². The van der Waals surface area contributed by atoms with Crippen LogP contribution >= 0.6 is 0 Å². The topological polar surface area (TPSA) is 48.0 Å². The number of carbonyl (C=O) groups is 1.